The number of nitrogen functional groups attached to an aromatic ring is 1. The molecular formula is C13H14N2O. The van der Waals surface area contributed by atoms with Crippen molar-refractivity contribution < 1.29 is 4.74 Å². The molecule has 0 fully saturated rings. The van der Waals surface area contributed by atoms with Crippen molar-refractivity contribution in [2.45, 2.75) is 13.5 Å². The summed E-state index contributed by atoms with van der Waals surface area (Å²) in [4.78, 5) is 4.01. The van der Waals surface area contributed by atoms with Gasteiger partial charge >= 0.3 is 0 Å². The topological polar surface area (TPSA) is 48.1 Å². The van der Waals surface area contributed by atoms with Gasteiger partial charge in [-0.25, -0.2) is 4.98 Å². The van der Waals surface area contributed by atoms with E-state index in [1.54, 1.807) is 6.20 Å². The quantitative estimate of drug-likeness (QED) is 0.854. The predicted octanol–water partition coefficient (Wildman–Crippen LogP) is 2.55. The van der Waals surface area contributed by atoms with Crippen molar-refractivity contribution in [1.82, 2.24) is 4.98 Å². The zero-order chi connectivity index (χ0) is 11.4. The molecule has 16 heavy (non-hydrogen) atoms. The molecule has 0 atom stereocenters. The summed E-state index contributed by atoms with van der Waals surface area (Å²) < 4.78 is 5.63. The minimum atomic E-state index is 0.448. The first kappa shape index (κ1) is 10.5. The number of anilines is 1. The molecule has 0 aliphatic heterocycles. The maximum absolute atomic E-state index is 5.72. The van der Waals surface area contributed by atoms with E-state index in [-0.39, 0.29) is 0 Å². The number of rotatable bonds is 3. The molecule has 0 amide bonds. The average molecular weight is 214 g/mol. The van der Waals surface area contributed by atoms with Gasteiger partial charge in [0.1, 0.15) is 18.2 Å². The number of hydrogen-bond acceptors (Lipinski definition) is 3. The molecule has 0 aliphatic carbocycles. The molecule has 0 unspecified atom stereocenters. The van der Waals surface area contributed by atoms with E-state index in [2.05, 4.69) is 4.98 Å². The van der Waals surface area contributed by atoms with Gasteiger partial charge in [-0.15, -0.1) is 0 Å². The largest absolute Gasteiger partial charge is 0.489 e. The maximum Gasteiger partial charge on any atom is 0.129 e. The second-order valence-electron chi connectivity index (χ2n) is 3.65. The highest BCUT2D eigenvalue weighted by atomic mass is 16.5. The molecule has 1 aromatic carbocycles. The molecule has 1 aromatic heterocycles. The first-order valence-electron chi connectivity index (χ1n) is 5.14. The van der Waals surface area contributed by atoms with E-state index in [0.717, 1.165) is 11.3 Å². The Morgan fingerprint density at radius 2 is 2.12 bits per heavy atom. The normalized spacial score (nSPS) is 10.1. The molecule has 3 nitrogen and oxygen atoms in total. The number of aromatic nitrogens is 1. The van der Waals surface area contributed by atoms with Crippen molar-refractivity contribution in [2.75, 3.05) is 5.73 Å². The maximum atomic E-state index is 5.72. The van der Waals surface area contributed by atoms with E-state index in [9.17, 15) is 0 Å². The van der Waals surface area contributed by atoms with Gasteiger partial charge in [0.15, 0.2) is 0 Å². The Bertz CT molecular complexity index is 483. The van der Waals surface area contributed by atoms with E-state index in [1.165, 1.54) is 5.56 Å². The Balaban J connectivity index is 2.05. The summed E-state index contributed by atoms with van der Waals surface area (Å²) in [5.74, 6) is 1.37. The van der Waals surface area contributed by atoms with Crippen molar-refractivity contribution in [3.05, 3.63) is 53.7 Å². The Hall–Kier alpha value is -2.03. The minimum Gasteiger partial charge on any atom is -0.489 e. The molecular weight excluding hydrogens is 200 g/mol. The summed E-state index contributed by atoms with van der Waals surface area (Å²) >= 11 is 0. The number of ether oxygens (including phenoxy) is 1. The highest BCUT2D eigenvalue weighted by molar-refractivity contribution is 5.38. The molecule has 2 aromatic rings. The fourth-order valence-corrected chi connectivity index (χ4v) is 1.44. The SMILES string of the molecule is Cc1cccc(OCc2cccnc2N)c1. The van der Waals surface area contributed by atoms with E-state index >= 15 is 0 Å². The molecule has 0 saturated carbocycles. The van der Waals surface area contributed by atoms with Gasteiger partial charge in [0.25, 0.3) is 0 Å². The molecule has 1 heterocycles. The third kappa shape index (κ3) is 2.51. The van der Waals surface area contributed by atoms with Crippen LogP contribution in [0.3, 0.4) is 0 Å². The zero-order valence-electron chi connectivity index (χ0n) is 9.18. The number of pyridine rings is 1. The van der Waals surface area contributed by atoms with Crippen LogP contribution in [0.5, 0.6) is 5.75 Å². The van der Waals surface area contributed by atoms with Crippen molar-refractivity contribution in [2.24, 2.45) is 0 Å². The van der Waals surface area contributed by atoms with Crippen LogP contribution in [0.1, 0.15) is 11.1 Å². The fraction of sp³-hybridized carbons (Fsp3) is 0.154. The molecule has 0 aliphatic rings. The fourth-order valence-electron chi connectivity index (χ4n) is 1.44. The third-order valence-electron chi connectivity index (χ3n) is 2.31. The van der Waals surface area contributed by atoms with E-state index in [1.807, 2.05) is 43.3 Å². The molecule has 82 valence electrons. The van der Waals surface area contributed by atoms with Crippen molar-refractivity contribution in [3.63, 3.8) is 0 Å². The van der Waals surface area contributed by atoms with Crippen molar-refractivity contribution in [3.8, 4) is 5.75 Å². The molecule has 2 rings (SSSR count). The smallest absolute Gasteiger partial charge is 0.129 e. The number of benzene rings is 1. The van der Waals surface area contributed by atoms with E-state index < -0.39 is 0 Å². The lowest BCUT2D eigenvalue weighted by Crippen LogP contribution is -2.01. The van der Waals surface area contributed by atoms with Crippen LogP contribution < -0.4 is 10.5 Å². The van der Waals surface area contributed by atoms with Gasteiger partial charge in [-0.3, -0.25) is 0 Å². The number of hydrogen-bond donors (Lipinski definition) is 1. The van der Waals surface area contributed by atoms with Gasteiger partial charge in [-0.05, 0) is 30.7 Å². The highest BCUT2D eigenvalue weighted by Gasteiger charge is 2.00. The predicted molar refractivity (Wildman–Crippen MR) is 64.2 cm³/mol. The second-order valence-corrected chi connectivity index (χ2v) is 3.65. The van der Waals surface area contributed by atoms with Gasteiger partial charge in [0, 0.05) is 11.8 Å². The zero-order valence-corrected chi connectivity index (χ0v) is 9.18. The standard InChI is InChI=1S/C13H14N2O/c1-10-4-2-6-12(8-10)16-9-11-5-3-7-15-13(11)14/h2-8H,9H2,1H3,(H2,14,15). The van der Waals surface area contributed by atoms with Crippen LogP contribution >= 0.6 is 0 Å². The van der Waals surface area contributed by atoms with Crippen molar-refractivity contribution in [1.29, 1.82) is 0 Å². The average Bonchev–Trinajstić information content (AvgIpc) is 2.28. The van der Waals surface area contributed by atoms with Crippen LogP contribution in [0.2, 0.25) is 0 Å². The second kappa shape index (κ2) is 4.66. The Labute approximate surface area is 94.9 Å². The van der Waals surface area contributed by atoms with Gasteiger partial charge in [0.2, 0.25) is 0 Å². The highest BCUT2D eigenvalue weighted by Crippen LogP contribution is 2.15. The van der Waals surface area contributed by atoms with Crippen molar-refractivity contribution >= 4 is 5.82 Å². The number of aryl methyl sites for hydroxylation is 1. The van der Waals surface area contributed by atoms with Gasteiger partial charge in [0.05, 0.1) is 0 Å². The molecule has 0 radical (unpaired) electrons. The monoisotopic (exact) mass is 214 g/mol. The Morgan fingerprint density at radius 3 is 2.88 bits per heavy atom. The van der Waals surface area contributed by atoms with Gasteiger partial charge < -0.3 is 10.5 Å². The molecule has 0 spiro atoms. The van der Waals surface area contributed by atoms with E-state index in [4.69, 9.17) is 10.5 Å². The first-order valence-corrected chi connectivity index (χ1v) is 5.14. The number of nitrogens with two attached hydrogens (primary N) is 1. The molecule has 0 bridgehead atoms. The molecule has 0 saturated heterocycles. The Morgan fingerprint density at radius 1 is 1.25 bits per heavy atom. The van der Waals surface area contributed by atoms with Crippen LogP contribution in [0.4, 0.5) is 5.82 Å². The third-order valence-corrected chi connectivity index (χ3v) is 2.31. The van der Waals surface area contributed by atoms with Crippen LogP contribution in [0.25, 0.3) is 0 Å². The summed E-state index contributed by atoms with van der Waals surface area (Å²) in [7, 11) is 0. The van der Waals surface area contributed by atoms with Gasteiger partial charge in [-0.1, -0.05) is 18.2 Å². The van der Waals surface area contributed by atoms with Crippen LogP contribution in [-0.2, 0) is 6.61 Å². The lowest BCUT2D eigenvalue weighted by molar-refractivity contribution is 0.306. The molecule has 3 heteroatoms. The lowest BCUT2D eigenvalue weighted by atomic mass is 10.2. The molecule has 2 N–H and O–H groups in total. The van der Waals surface area contributed by atoms with Crippen LogP contribution in [0, 0.1) is 6.92 Å². The first-order chi connectivity index (χ1) is 7.75. The van der Waals surface area contributed by atoms with Crippen LogP contribution in [-0.4, -0.2) is 4.98 Å². The van der Waals surface area contributed by atoms with E-state index in [0.29, 0.717) is 12.4 Å². The summed E-state index contributed by atoms with van der Waals surface area (Å²) in [5.41, 5.74) is 7.81. The minimum absolute atomic E-state index is 0.448. The number of nitrogens with zero attached hydrogens (tertiary/aromatic N) is 1. The summed E-state index contributed by atoms with van der Waals surface area (Å²) in [6.45, 7) is 2.48. The summed E-state index contributed by atoms with van der Waals surface area (Å²) in [6, 6.07) is 11.7. The summed E-state index contributed by atoms with van der Waals surface area (Å²) in [5, 5.41) is 0. The Kier molecular flexibility index (Phi) is 3.05. The summed E-state index contributed by atoms with van der Waals surface area (Å²) in [6.07, 6.45) is 1.67. The van der Waals surface area contributed by atoms with Gasteiger partial charge in [-0.2, -0.15) is 0 Å². The lowest BCUT2D eigenvalue weighted by Gasteiger charge is -2.08. The van der Waals surface area contributed by atoms with Crippen LogP contribution in [0.15, 0.2) is 42.6 Å².